The van der Waals surface area contributed by atoms with Gasteiger partial charge in [0.2, 0.25) is 0 Å². The third-order valence-electron chi connectivity index (χ3n) is 1.30. The second-order valence-corrected chi connectivity index (χ2v) is 22.8. The van der Waals surface area contributed by atoms with Crippen molar-refractivity contribution >= 4 is 57.0 Å². The fourth-order valence-corrected chi connectivity index (χ4v) is 33.1. The molecule has 0 fully saturated rings. The Balaban J connectivity index is 4.23. The standard InChI is InChI=1S/C5H17P7/c1-3-4-5(2)11(9-6)12(8)10-7/h4,9-10H,3,6-8H2,1-2H3. The second kappa shape index (κ2) is 9.01. The van der Waals surface area contributed by atoms with Gasteiger partial charge in [-0.3, -0.25) is 0 Å². The van der Waals surface area contributed by atoms with Gasteiger partial charge in [-0.25, -0.2) is 0 Å². The molecule has 12 heavy (non-hydrogen) atoms. The first-order valence-corrected chi connectivity index (χ1v) is 15.9. The van der Waals surface area contributed by atoms with Gasteiger partial charge in [0.1, 0.15) is 0 Å². The minimum atomic E-state index is 0.184. The molecule has 0 saturated carbocycles. The van der Waals surface area contributed by atoms with Gasteiger partial charge in [-0.05, 0) is 32.9 Å². The van der Waals surface area contributed by atoms with Crippen LogP contribution in [-0.4, -0.2) is 0 Å². The van der Waals surface area contributed by atoms with Crippen molar-refractivity contribution in [3.8, 4) is 0 Å². The average Bonchev–Trinajstić information content (AvgIpc) is 2.06. The Morgan fingerprint density at radius 1 is 1.42 bits per heavy atom. The molecule has 0 amide bonds. The summed E-state index contributed by atoms with van der Waals surface area (Å²) in [5.41, 5.74) is 0. The molecule has 72 valence electrons. The van der Waals surface area contributed by atoms with E-state index in [9.17, 15) is 0 Å². The predicted octanol–water partition coefficient (Wildman–Crippen LogP) is 5.74. The molecule has 0 aromatic heterocycles. The van der Waals surface area contributed by atoms with Gasteiger partial charge in [0.15, 0.2) is 0 Å². The number of allylic oxidation sites excluding steroid dienone is 2. The van der Waals surface area contributed by atoms with Crippen molar-refractivity contribution in [2.75, 3.05) is 0 Å². The van der Waals surface area contributed by atoms with E-state index in [-0.39, 0.29) is 14.3 Å². The Hall–Kier alpha value is 2.75. The summed E-state index contributed by atoms with van der Waals surface area (Å²) < 4.78 is 0. The van der Waals surface area contributed by atoms with Crippen LogP contribution in [0.3, 0.4) is 0 Å². The van der Waals surface area contributed by atoms with Crippen molar-refractivity contribution in [2.24, 2.45) is 0 Å². The molecule has 0 aromatic carbocycles. The van der Waals surface area contributed by atoms with Gasteiger partial charge in [-0.15, -0.1) is 26.8 Å². The molecule has 0 aliphatic carbocycles. The van der Waals surface area contributed by atoms with E-state index in [1.165, 1.54) is 6.42 Å². The van der Waals surface area contributed by atoms with E-state index in [1.807, 2.05) is 0 Å². The summed E-state index contributed by atoms with van der Waals surface area (Å²) in [4.78, 5) is 0. The Labute approximate surface area is 88.7 Å². The van der Waals surface area contributed by atoms with Crippen LogP contribution >= 0.6 is 57.0 Å². The lowest BCUT2D eigenvalue weighted by Crippen LogP contribution is -1.63. The van der Waals surface area contributed by atoms with Crippen LogP contribution in [0, 0.1) is 0 Å². The zero-order valence-corrected chi connectivity index (χ0v) is 14.7. The highest BCUT2D eigenvalue weighted by atomic mass is 33.0. The number of rotatable bonds is 5. The molecule has 0 N–H and O–H groups in total. The van der Waals surface area contributed by atoms with Crippen LogP contribution in [0.25, 0.3) is 0 Å². The van der Waals surface area contributed by atoms with Crippen LogP contribution < -0.4 is 0 Å². The van der Waals surface area contributed by atoms with Gasteiger partial charge in [0.25, 0.3) is 0 Å². The van der Waals surface area contributed by atoms with Gasteiger partial charge in [-0.2, -0.15) is 0 Å². The van der Waals surface area contributed by atoms with Crippen molar-refractivity contribution in [1.29, 1.82) is 0 Å². The maximum Gasteiger partial charge on any atom is -0.0206 e. The van der Waals surface area contributed by atoms with Crippen molar-refractivity contribution in [3.05, 3.63) is 11.4 Å². The van der Waals surface area contributed by atoms with Crippen molar-refractivity contribution in [1.82, 2.24) is 0 Å². The maximum atomic E-state index is 3.05. The van der Waals surface area contributed by atoms with Gasteiger partial charge in [-0.1, -0.05) is 28.9 Å². The highest BCUT2D eigenvalue weighted by Gasteiger charge is 2.14. The molecule has 0 aliphatic heterocycles. The molecule has 7 heteroatoms. The molecule has 0 saturated heterocycles. The lowest BCUT2D eigenvalue weighted by atomic mass is 10.4. The van der Waals surface area contributed by atoms with Gasteiger partial charge < -0.3 is 0 Å². The minimum Gasteiger partial charge on any atom is -0.109 e. The lowest BCUT2D eigenvalue weighted by Gasteiger charge is -2.22. The van der Waals surface area contributed by atoms with Crippen molar-refractivity contribution in [3.63, 3.8) is 0 Å². The SMILES string of the molecule is CCC=C(C)P(PP)P(P)PP. The van der Waals surface area contributed by atoms with Gasteiger partial charge in [0, 0.05) is 0 Å². The summed E-state index contributed by atoms with van der Waals surface area (Å²) in [6, 6.07) is 0. The quantitative estimate of drug-likeness (QED) is 0.567. The highest BCUT2D eigenvalue weighted by molar-refractivity contribution is 8.94. The molecular formula is C5H17P7. The van der Waals surface area contributed by atoms with E-state index in [4.69, 9.17) is 0 Å². The third-order valence-corrected chi connectivity index (χ3v) is 32.5. The molecule has 0 aromatic rings. The first-order valence-electron chi connectivity index (χ1n) is 3.61. The van der Waals surface area contributed by atoms with Crippen LogP contribution in [0.4, 0.5) is 0 Å². The zero-order chi connectivity index (χ0) is 9.56. The summed E-state index contributed by atoms with van der Waals surface area (Å²) in [6.45, 7) is 4.72. The van der Waals surface area contributed by atoms with Gasteiger partial charge >= 0.3 is 0 Å². The lowest BCUT2D eigenvalue weighted by molar-refractivity contribution is 1.21. The van der Waals surface area contributed by atoms with E-state index in [0.29, 0.717) is 0 Å². The first-order chi connectivity index (χ1) is 5.67. The van der Waals surface area contributed by atoms with Crippen LogP contribution in [0.15, 0.2) is 11.4 Å². The molecular weight excluding hydrogens is 277 g/mol. The molecule has 0 spiro atoms. The molecule has 0 rings (SSSR count). The van der Waals surface area contributed by atoms with E-state index in [0.717, 1.165) is 15.9 Å². The van der Waals surface area contributed by atoms with Crippen LogP contribution in [-0.2, 0) is 0 Å². The number of hydrogen-bond donors (Lipinski definition) is 0. The minimum absolute atomic E-state index is 0.184. The third kappa shape index (κ3) is 5.59. The van der Waals surface area contributed by atoms with Crippen molar-refractivity contribution < 1.29 is 0 Å². The summed E-state index contributed by atoms with van der Waals surface area (Å²) in [7, 11) is 11.1. The summed E-state index contributed by atoms with van der Waals surface area (Å²) >= 11 is 0. The Morgan fingerprint density at radius 2 is 2.00 bits per heavy atom. The van der Waals surface area contributed by atoms with Crippen molar-refractivity contribution in [2.45, 2.75) is 20.3 Å². The van der Waals surface area contributed by atoms with E-state index >= 15 is 0 Å². The Bertz CT molecular complexity index is 145. The highest BCUT2D eigenvalue weighted by Crippen LogP contribution is 2.95. The molecule has 7 atom stereocenters. The van der Waals surface area contributed by atoms with Crippen LogP contribution in [0.1, 0.15) is 20.3 Å². The zero-order valence-electron chi connectivity index (χ0n) is 7.41. The predicted molar refractivity (Wildman–Crippen MR) is 83.6 cm³/mol. The fourth-order valence-electron chi connectivity index (χ4n) is 0.774. The molecule has 7 unspecified atom stereocenters. The van der Waals surface area contributed by atoms with Crippen LogP contribution in [0.5, 0.6) is 0 Å². The van der Waals surface area contributed by atoms with E-state index in [2.05, 4.69) is 46.7 Å². The Kier molecular flexibility index (Phi) is 11.1. The smallest absolute Gasteiger partial charge is 0.0206 e. The Morgan fingerprint density at radius 3 is 2.33 bits per heavy atom. The fraction of sp³-hybridized carbons (Fsp3) is 0.600. The van der Waals surface area contributed by atoms with Gasteiger partial charge in [0.05, 0.1) is 0 Å². The summed E-state index contributed by atoms with van der Waals surface area (Å²) in [6.07, 6.45) is 3.58. The topological polar surface area (TPSA) is 0 Å². The molecule has 0 heterocycles. The van der Waals surface area contributed by atoms with E-state index in [1.54, 1.807) is 5.31 Å². The second-order valence-electron chi connectivity index (χ2n) is 2.17. The monoisotopic (exact) mass is 294 g/mol. The number of hydrogen-bond acceptors (Lipinski definition) is 0. The largest absolute Gasteiger partial charge is 0.109 e. The molecule has 0 radical (unpaired) electrons. The normalized spacial score (nSPS) is 19.6. The average molecular weight is 294 g/mol. The first kappa shape index (κ1) is 14.8. The molecule has 0 aliphatic rings. The molecule has 0 bridgehead atoms. The summed E-state index contributed by atoms with van der Waals surface area (Å²) in [5.74, 6) is 0. The van der Waals surface area contributed by atoms with E-state index < -0.39 is 0 Å². The summed E-state index contributed by atoms with van der Waals surface area (Å²) in [5, 5.41) is 1.65. The molecule has 0 nitrogen and oxygen atoms in total. The maximum absolute atomic E-state index is 3.05. The van der Waals surface area contributed by atoms with Crippen LogP contribution in [0.2, 0.25) is 0 Å².